The molecular formula is C6H4Cl2NNaO3S. The van der Waals surface area contributed by atoms with Crippen LogP contribution in [0.1, 0.15) is 0 Å². The van der Waals surface area contributed by atoms with E-state index in [1.807, 2.05) is 0 Å². The average Bonchev–Trinajstić information content (AvgIpc) is 1.96. The van der Waals surface area contributed by atoms with Crippen molar-refractivity contribution in [2.75, 3.05) is 4.72 Å². The van der Waals surface area contributed by atoms with Gasteiger partial charge in [0.25, 0.3) is 0 Å². The number of hydrogen-bond acceptors (Lipinski definition) is 3. The molecule has 0 radical (unpaired) electrons. The second-order valence-electron chi connectivity index (χ2n) is 2.16. The number of nitrogens with one attached hydrogen (secondary N) is 1. The Balaban J connectivity index is 0.00000169. The number of rotatable bonds is 2. The van der Waals surface area contributed by atoms with Gasteiger partial charge in [0, 0.05) is 0 Å². The molecule has 0 spiro atoms. The molecule has 0 bridgehead atoms. The molecule has 1 N–H and O–H groups in total. The van der Waals surface area contributed by atoms with Crippen LogP contribution in [-0.4, -0.2) is 13.0 Å². The first-order valence-corrected chi connectivity index (χ1v) is 5.24. The number of halogens is 2. The van der Waals surface area contributed by atoms with Gasteiger partial charge in [-0.25, -0.2) is 8.42 Å². The van der Waals surface area contributed by atoms with Gasteiger partial charge in [-0.2, -0.15) is 0 Å². The Morgan fingerprint density at radius 3 is 2.36 bits per heavy atom. The predicted molar refractivity (Wildman–Crippen MR) is 49.8 cm³/mol. The Hall–Kier alpha value is 0.510. The van der Waals surface area contributed by atoms with Crippen LogP contribution < -0.4 is 34.3 Å². The summed E-state index contributed by atoms with van der Waals surface area (Å²) in [4.78, 5) is 0. The summed E-state index contributed by atoms with van der Waals surface area (Å²) in [6.45, 7) is 0. The summed E-state index contributed by atoms with van der Waals surface area (Å²) >= 11 is 11.2. The van der Waals surface area contributed by atoms with Crippen LogP contribution in [0.4, 0.5) is 5.69 Å². The molecule has 1 rings (SSSR count). The zero-order chi connectivity index (χ0) is 10.1. The van der Waals surface area contributed by atoms with Gasteiger partial charge in [-0.1, -0.05) is 29.3 Å². The SMILES string of the molecule is O=S(=O)([O-])Nc1cccc(Cl)c1Cl.[Na+]. The molecule has 0 saturated heterocycles. The Labute approximate surface area is 114 Å². The molecule has 72 valence electrons. The molecule has 0 saturated carbocycles. The van der Waals surface area contributed by atoms with Crippen molar-refractivity contribution in [1.82, 2.24) is 0 Å². The van der Waals surface area contributed by atoms with Gasteiger partial charge >= 0.3 is 29.6 Å². The fourth-order valence-corrected chi connectivity index (χ4v) is 1.56. The Kier molecular flexibility index (Phi) is 5.76. The van der Waals surface area contributed by atoms with Gasteiger partial charge in [0.15, 0.2) is 10.3 Å². The first-order chi connectivity index (χ1) is 5.90. The fraction of sp³-hybridized carbons (Fsp3) is 0. The molecule has 0 aliphatic rings. The third-order valence-corrected chi connectivity index (χ3v) is 2.48. The Morgan fingerprint density at radius 1 is 1.29 bits per heavy atom. The minimum atomic E-state index is -4.56. The number of anilines is 1. The van der Waals surface area contributed by atoms with Crippen molar-refractivity contribution in [2.45, 2.75) is 0 Å². The summed E-state index contributed by atoms with van der Waals surface area (Å²) in [5.74, 6) is 0. The molecule has 4 nitrogen and oxygen atoms in total. The topological polar surface area (TPSA) is 69.2 Å². The summed E-state index contributed by atoms with van der Waals surface area (Å²) in [7, 11) is -4.56. The van der Waals surface area contributed by atoms with E-state index < -0.39 is 10.3 Å². The monoisotopic (exact) mass is 263 g/mol. The normalized spacial score (nSPS) is 10.5. The zero-order valence-electron chi connectivity index (χ0n) is 7.12. The van der Waals surface area contributed by atoms with E-state index >= 15 is 0 Å². The van der Waals surface area contributed by atoms with Gasteiger partial charge in [-0.3, -0.25) is 4.72 Å². The molecule has 0 amide bonds. The molecule has 0 aliphatic heterocycles. The van der Waals surface area contributed by atoms with E-state index in [9.17, 15) is 13.0 Å². The van der Waals surface area contributed by atoms with Crippen molar-refractivity contribution < 1.29 is 42.5 Å². The molecule has 1 aromatic carbocycles. The Bertz CT molecular complexity index is 423. The van der Waals surface area contributed by atoms with E-state index in [0.717, 1.165) is 0 Å². The van der Waals surface area contributed by atoms with Gasteiger partial charge in [-0.05, 0) is 12.1 Å². The van der Waals surface area contributed by atoms with E-state index in [4.69, 9.17) is 23.2 Å². The standard InChI is InChI=1S/C6H5Cl2NO3S.Na/c7-4-2-1-3-5(6(4)8)9-13(10,11)12;/h1-3,9H,(H,10,11,12);/q;+1/p-1. The van der Waals surface area contributed by atoms with Crippen LogP contribution in [0.2, 0.25) is 10.0 Å². The van der Waals surface area contributed by atoms with Crippen molar-refractivity contribution in [3.8, 4) is 0 Å². The summed E-state index contributed by atoms with van der Waals surface area (Å²) in [5, 5.41) is 0.180. The van der Waals surface area contributed by atoms with E-state index in [1.54, 1.807) is 4.72 Å². The minimum absolute atomic E-state index is 0. The van der Waals surface area contributed by atoms with Crippen molar-refractivity contribution in [3.63, 3.8) is 0 Å². The minimum Gasteiger partial charge on any atom is -0.731 e. The maximum absolute atomic E-state index is 10.3. The van der Waals surface area contributed by atoms with Crippen molar-refractivity contribution >= 4 is 39.2 Å². The second-order valence-corrected chi connectivity index (χ2v) is 4.06. The van der Waals surface area contributed by atoms with E-state index in [1.165, 1.54) is 18.2 Å². The smallest absolute Gasteiger partial charge is 0.731 e. The quantitative estimate of drug-likeness (QED) is 0.543. The first-order valence-electron chi connectivity index (χ1n) is 3.08. The molecule has 0 heterocycles. The first kappa shape index (κ1) is 14.5. The Morgan fingerprint density at radius 2 is 1.86 bits per heavy atom. The third-order valence-electron chi connectivity index (χ3n) is 1.19. The van der Waals surface area contributed by atoms with Gasteiger partial charge < -0.3 is 4.55 Å². The van der Waals surface area contributed by atoms with Crippen LogP contribution in [0.3, 0.4) is 0 Å². The van der Waals surface area contributed by atoms with Crippen LogP contribution in [0, 0.1) is 0 Å². The van der Waals surface area contributed by atoms with Crippen LogP contribution in [0.15, 0.2) is 18.2 Å². The van der Waals surface area contributed by atoms with Crippen LogP contribution in [0.5, 0.6) is 0 Å². The molecule has 0 atom stereocenters. The molecule has 0 aliphatic carbocycles. The summed E-state index contributed by atoms with van der Waals surface area (Å²) in [5.41, 5.74) is -0.0239. The maximum Gasteiger partial charge on any atom is 1.00 e. The largest absolute Gasteiger partial charge is 1.00 e. The van der Waals surface area contributed by atoms with E-state index in [2.05, 4.69) is 0 Å². The van der Waals surface area contributed by atoms with E-state index in [0.29, 0.717) is 0 Å². The summed E-state index contributed by atoms with van der Waals surface area (Å²) < 4.78 is 32.6. The molecule has 8 heteroatoms. The fourth-order valence-electron chi connectivity index (χ4n) is 0.717. The molecular weight excluding hydrogens is 260 g/mol. The van der Waals surface area contributed by atoms with Crippen molar-refractivity contribution in [2.24, 2.45) is 0 Å². The van der Waals surface area contributed by atoms with Crippen molar-refractivity contribution in [1.29, 1.82) is 0 Å². The average molecular weight is 264 g/mol. The van der Waals surface area contributed by atoms with Gasteiger partial charge in [-0.15, -0.1) is 0 Å². The number of benzene rings is 1. The third kappa shape index (κ3) is 4.35. The second kappa shape index (κ2) is 5.55. The summed E-state index contributed by atoms with van der Waals surface area (Å²) in [6, 6.07) is 4.29. The van der Waals surface area contributed by atoms with Crippen LogP contribution in [-0.2, 0) is 10.3 Å². The molecule has 0 unspecified atom stereocenters. The molecule has 14 heavy (non-hydrogen) atoms. The molecule has 0 aromatic heterocycles. The van der Waals surface area contributed by atoms with Gasteiger partial charge in [0.05, 0.1) is 15.7 Å². The zero-order valence-corrected chi connectivity index (χ0v) is 11.4. The van der Waals surface area contributed by atoms with E-state index in [-0.39, 0.29) is 45.3 Å². The summed E-state index contributed by atoms with van der Waals surface area (Å²) in [6.07, 6.45) is 0. The van der Waals surface area contributed by atoms with Crippen LogP contribution in [0.25, 0.3) is 0 Å². The van der Waals surface area contributed by atoms with Crippen molar-refractivity contribution in [3.05, 3.63) is 28.2 Å². The van der Waals surface area contributed by atoms with Gasteiger partial charge in [0.2, 0.25) is 0 Å². The maximum atomic E-state index is 10.3. The van der Waals surface area contributed by atoms with Gasteiger partial charge in [0.1, 0.15) is 0 Å². The van der Waals surface area contributed by atoms with Crippen LogP contribution >= 0.6 is 23.2 Å². The molecule has 1 aromatic rings. The predicted octanol–water partition coefficient (Wildman–Crippen LogP) is -1.13. The number of hydrogen-bond donors (Lipinski definition) is 1. The molecule has 0 fully saturated rings.